The lowest BCUT2D eigenvalue weighted by atomic mass is 10.1. The summed E-state index contributed by atoms with van der Waals surface area (Å²) in [6.45, 7) is 11.9. The van der Waals surface area contributed by atoms with E-state index in [0.29, 0.717) is 37.4 Å². The summed E-state index contributed by atoms with van der Waals surface area (Å²) in [6, 6.07) is 6.46. The molecule has 10 heteroatoms. The van der Waals surface area contributed by atoms with Gasteiger partial charge >= 0.3 is 6.09 Å². The molecule has 1 amide bonds. The molecule has 2 aromatic rings. The summed E-state index contributed by atoms with van der Waals surface area (Å²) in [5, 5.41) is 4.74. The summed E-state index contributed by atoms with van der Waals surface area (Å²) in [5.41, 5.74) is 0.560. The first-order valence-corrected chi connectivity index (χ1v) is 13.8. The fourth-order valence-corrected chi connectivity index (χ4v) is 5.14. The lowest BCUT2D eigenvalue weighted by Crippen LogP contribution is -2.50. The van der Waals surface area contributed by atoms with Crippen molar-refractivity contribution in [2.45, 2.75) is 46.3 Å². The molecule has 0 saturated carbocycles. The number of rotatable bonds is 3. The molecule has 7 nitrogen and oxygen atoms in total. The molecule has 1 unspecified atom stereocenters. The molecule has 0 aliphatic carbocycles. The zero-order valence-corrected chi connectivity index (χ0v) is 22.8. The van der Waals surface area contributed by atoms with E-state index in [1.54, 1.807) is 17.0 Å². The van der Waals surface area contributed by atoms with Gasteiger partial charge in [0, 0.05) is 37.9 Å². The van der Waals surface area contributed by atoms with E-state index in [1.807, 2.05) is 59.2 Å². The summed E-state index contributed by atoms with van der Waals surface area (Å²) in [5.74, 6) is -0.308. The van der Waals surface area contributed by atoms with E-state index in [9.17, 15) is 9.18 Å². The predicted octanol–water partition coefficient (Wildman–Crippen LogP) is 5.91. The van der Waals surface area contributed by atoms with Gasteiger partial charge in [0.2, 0.25) is 0 Å². The van der Waals surface area contributed by atoms with Gasteiger partial charge in [-0.2, -0.15) is 0 Å². The smallest absolute Gasteiger partial charge is 0.410 e. The summed E-state index contributed by atoms with van der Waals surface area (Å²) < 4.78 is 20.2. The largest absolute Gasteiger partial charge is 0.444 e. The number of amides is 1. The number of thioether (sulfide) groups is 1. The van der Waals surface area contributed by atoms with Crippen LogP contribution in [0.4, 0.5) is 14.3 Å². The van der Waals surface area contributed by atoms with Gasteiger partial charge in [0.25, 0.3) is 0 Å². The van der Waals surface area contributed by atoms with Crippen LogP contribution in [0.25, 0.3) is 11.3 Å². The fourth-order valence-electron chi connectivity index (χ4n) is 3.58. The highest BCUT2D eigenvalue weighted by atomic mass is 32.2. The average molecular weight is 520 g/mol. The minimum atomic E-state index is -0.522. The molecule has 1 aromatic heterocycles. The van der Waals surface area contributed by atoms with Gasteiger partial charge in [0.15, 0.2) is 10.3 Å². The highest BCUT2D eigenvalue weighted by molar-refractivity contribution is 8.13. The number of piperazine rings is 1. The average Bonchev–Trinajstić information content (AvgIpc) is 3.30. The van der Waals surface area contributed by atoms with Crippen LogP contribution in [0, 0.1) is 5.82 Å². The fraction of sp³-hybridized carbons (Fsp3) is 0.480. The second-order valence-electron chi connectivity index (χ2n) is 8.73. The first kappa shape index (κ1) is 27.0. The molecular formula is C25H34FN5O2S2. The molecule has 0 bridgehead atoms. The Morgan fingerprint density at radius 3 is 2.51 bits per heavy atom. The van der Waals surface area contributed by atoms with Gasteiger partial charge in [-0.3, -0.25) is 0 Å². The van der Waals surface area contributed by atoms with Crippen LogP contribution in [0.2, 0.25) is 0 Å². The molecule has 1 atom stereocenters. The van der Waals surface area contributed by atoms with E-state index in [2.05, 4.69) is 10.2 Å². The maximum atomic E-state index is 14.7. The van der Waals surface area contributed by atoms with Gasteiger partial charge < -0.3 is 19.9 Å². The number of hydrogen-bond donors (Lipinski definition) is 1. The summed E-state index contributed by atoms with van der Waals surface area (Å²) >= 11 is 3.05. The molecule has 1 N–H and O–H groups in total. The number of thiazole rings is 1. The summed E-state index contributed by atoms with van der Waals surface area (Å²) in [7, 11) is 0. The molecule has 35 heavy (non-hydrogen) atoms. The quantitative estimate of drug-likeness (QED) is 0.544. The number of nitrogens with zero attached hydrogens (tertiary/aromatic N) is 4. The Hall–Kier alpha value is -2.59. The van der Waals surface area contributed by atoms with Gasteiger partial charge in [-0.1, -0.05) is 49.1 Å². The minimum absolute atomic E-state index is 0.238. The van der Waals surface area contributed by atoms with Crippen LogP contribution >= 0.6 is 23.1 Å². The molecule has 1 saturated heterocycles. The molecule has 2 aliphatic rings. The van der Waals surface area contributed by atoms with E-state index in [4.69, 9.17) is 14.7 Å². The molecule has 190 valence electrons. The third-order valence-corrected chi connectivity index (χ3v) is 6.97. The van der Waals surface area contributed by atoms with Gasteiger partial charge in [0.05, 0.1) is 10.6 Å². The zero-order valence-electron chi connectivity index (χ0n) is 21.2. The third-order valence-electron chi connectivity index (χ3n) is 5.18. The Bertz CT molecular complexity index is 1070. The summed E-state index contributed by atoms with van der Waals surface area (Å²) in [4.78, 5) is 26.8. The van der Waals surface area contributed by atoms with Crippen molar-refractivity contribution in [2.24, 2.45) is 4.99 Å². The third kappa shape index (κ3) is 6.76. The van der Waals surface area contributed by atoms with Gasteiger partial charge in [-0.25, -0.2) is 19.2 Å². The Labute approximate surface area is 215 Å². The molecule has 3 heterocycles. The number of carbonyl (C=O) groups excluding carboxylic acids is 1. The number of aromatic nitrogens is 1. The number of benzene rings is 1. The second kappa shape index (κ2) is 11.9. The van der Waals surface area contributed by atoms with E-state index < -0.39 is 5.60 Å². The lowest BCUT2D eigenvalue weighted by molar-refractivity contribution is 0.0240. The van der Waals surface area contributed by atoms with Crippen molar-refractivity contribution in [1.82, 2.24) is 15.2 Å². The number of halogens is 1. The van der Waals surface area contributed by atoms with Crippen molar-refractivity contribution in [2.75, 3.05) is 37.3 Å². The SMILES string of the molecule is CC.CSC1=NC(c2sc(N3CCN(C(=O)OC(C)(C)C)CC3)nc2-c2ccccc2F)C=CN1. The maximum absolute atomic E-state index is 14.7. The van der Waals surface area contributed by atoms with Crippen LogP contribution < -0.4 is 10.2 Å². The first-order valence-electron chi connectivity index (χ1n) is 11.8. The van der Waals surface area contributed by atoms with E-state index in [-0.39, 0.29) is 18.0 Å². The zero-order chi connectivity index (χ0) is 25.6. The van der Waals surface area contributed by atoms with Crippen LogP contribution in [0.5, 0.6) is 0 Å². The van der Waals surface area contributed by atoms with Crippen molar-refractivity contribution in [3.05, 3.63) is 47.2 Å². The molecule has 0 spiro atoms. The van der Waals surface area contributed by atoms with Gasteiger partial charge in [-0.15, -0.1) is 0 Å². The molecule has 4 rings (SSSR count). The highest BCUT2D eigenvalue weighted by Gasteiger charge is 2.29. The van der Waals surface area contributed by atoms with Crippen LogP contribution in [0.1, 0.15) is 45.5 Å². The van der Waals surface area contributed by atoms with Crippen LogP contribution in [0.3, 0.4) is 0 Å². The van der Waals surface area contributed by atoms with Gasteiger partial charge in [-0.05, 0) is 45.2 Å². The number of aliphatic imine (C=N–C) groups is 1. The van der Waals surface area contributed by atoms with Crippen molar-refractivity contribution < 1.29 is 13.9 Å². The monoisotopic (exact) mass is 519 g/mol. The standard InChI is InChI=1S/C23H28FN5O2S2.C2H6/c1-23(2,3)31-22(30)29-13-11-28(12-14-29)21-27-18(15-7-5-6-8-16(15)24)19(33-21)17-9-10-25-20(26-17)32-4;1-2/h5-10,17H,11-14H2,1-4H3,(H,25,26);1-2H3. The second-order valence-corrected chi connectivity index (χ2v) is 10.5. The molecule has 1 aromatic carbocycles. The molecule has 1 fully saturated rings. The Morgan fingerprint density at radius 2 is 1.89 bits per heavy atom. The number of hydrogen-bond acceptors (Lipinski definition) is 8. The Morgan fingerprint density at radius 1 is 1.20 bits per heavy atom. The van der Waals surface area contributed by atoms with E-state index in [1.165, 1.54) is 29.2 Å². The number of amidine groups is 1. The van der Waals surface area contributed by atoms with E-state index in [0.717, 1.165) is 15.2 Å². The number of nitrogens with one attached hydrogen (secondary N) is 1. The Balaban J connectivity index is 0.00000167. The minimum Gasteiger partial charge on any atom is -0.444 e. The number of carbonyl (C=O) groups is 1. The molecular weight excluding hydrogens is 485 g/mol. The van der Waals surface area contributed by atoms with Crippen LogP contribution in [-0.4, -0.2) is 59.2 Å². The molecule has 0 radical (unpaired) electrons. The molecule has 2 aliphatic heterocycles. The number of anilines is 1. The van der Waals surface area contributed by atoms with Crippen molar-refractivity contribution >= 4 is 39.5 Å². The van der Waals surface area contributed by atoms with Crippen molar-refractivity contribution in [3.8, 4) is 11.3 Å². The highest BCUT2D eigenvalue weighted by Crippen LogP contribution is 2.41. The normalized spacial score (nSPS) is 17.8. The van der Waals surface area contributed by atoms with Crippen molar-refractivity contribution in [3.63, 3.8) is 0 Å². The van der Waals surface area contributed by atoms with Gasteiger partial charge in [0.1, 0.15) is 17.5 Å². The summed E-state index contributed by atoms with van der Waals surface area (Å²) in [6.07, 6.45) is 5.49. The van der Waals surface area contributed by atoms with Crippen molar-refractivity contribution in [1.29, 1.82) is 0 Å². The number of ether oxygens (including phenoxy) is 1. The van der Waals surface area contributed by atoms with Crippen LogP contribution in [-0.2, 0) is 4.74 Å². The van der Waals surface area contributed by atoms with Crippen LogP contribution in [0.15, 0.2) is 41.5 Å². The first-order chi connectivity index (χ1) is 16.7. The maximum Gasteiger partial charge on any atom is 0.410 e. The lowest BCUT2D eigenvalue weighted by Gasteiger charge is -2.35. The van der Waals surface area contributed by atoms with E-state index >= 15 is 0 Å². The predicted molar refractivity (Wildman–Crippen MR) is 145 cm³/mol. The topological polar surface area (TPSA) is 70.1 Å². The Kier molecular flexibility index (Phi) is 9.18.